The van der Waals surface area contributed by atoms with Crippen LogP contribution in [-0.4, -0.2) is 62.3 Å². The summed E-state index contributed by atoms with van der Waals surface area (Å²) in [6, 6.07) is -0.0411. The maximum atomic E-state index is 12.5. The number of nitrogens with zero attached hydrogens (tertiary/aromatic N) is 3. The molecule has 0 saturated carbocycles. The molecule has 0 radical (unpaired) electrons. The number of aryl methyl sites for hydroxylation is 2. The van der Waals surface area contributed by atoms with E-state index in [2.05, 4.69) is 14.6 Å². The summed E-state index contributed by atoms with van der Waals surface area (Å²) in [7, 11) is -1.84. The van der Waals surface area contributed by atoms with Gasteiger partial charge in [-0.15, -0.1) is 0 Å². The van der Waals surface area contributed by atoms with Crippen molar-refractivity contribution < 1.29 is 13.2 Å². The van der Waals surface area contributed by atoms with Crippen LogP contribution in [0, 0.1) is 0 Å². The third kappa shape index (κ3) is 3.51. The Hall–Kier alpha value is -0.960. The number of hydrogen-bond donors (Lipinski definition) is 1. The summed E-state index contributed by atoms with van der Waals surface area (Å²) in [5, 5.41) is 0.166. The molecule has 2 aliphatic rings. The molecule has 22 heavy (non-hydrogen) atoms. The van der Waals surface area contributed by atoms with Gasteiger partial charge in [-0.3, -0.25) is 4.90 Å². The number of fused-ring (bicyclic) bond motifs is 1. The van der Waals surface area contributed by atoms with Crippen molar-refractivity contribution in [3.63, 3.8) is 0 Å². The second-order valence-corrected chi connectivity index (χ2v) is 7.71. The van der Waals surface area contributed by atoms with Crippen molar-refractivity contribution in [2.24, 2.45) is 0 Å². The molecule has 1 fully saturated rings. The lowest BCUT2D eigenvalue weighted by atomic mass is 10.2. The Morgan fingerprint density at radius 2 is 2.27 bits per heavy atom. The standard InChI is InChI=1S/C14H24N4O3S/c1-21-9-8-17-7-5-12(10-17)16-22(19,20)14-11-18-6-3-2-4-13(18)15-14/h11-12,16H,2-10H2,1H3. The molecule has 7 nitrogen and oxygen atoms in total. The second-order valence-electron chi connectivity index (χ2n) is 6.05. The van der Waals surface area contributed by atoms with Gasteiger partial charge in [0.2, 0.25) is 0 Å². The lowest BCUT2D eigenvalue weighted by Gasteiger charge is -2.15. The molecule has 1 N–H and O–H groups in total. The van der Waals surface area contributed by atoms with Crippen LogP contribution < -0.4 is 4.72 Å². The molecule has 0 amide bonds. The number of likely N-dealkylation sites (tertiary alicyclic amines) is 1. The normalized spacial score (nSPS) is 22.9. The Morgan fingerprint density at radius 3 is 3.05 bits per heavy atom. The Morgan fingerprint density at radius 1 is 1.41 bits per heavy atom. The lowest BCUT2D eigenvalue weighted by molar-refractivity contribution is 0.160. The maximum Gasteiger partial charge on any atom is 0.259 e. The molecule has 0 spiro atoms. The number of aromatic nitrogens is 2. The van der Waals surface area contributed by atoms with E-state index in [1.54, 1.807) is 13.3 Å². The molecule has 0 aromatic carbocycles. The Labute approximate surface area is 131 Å². The van der Waals surface area contributed by atoms with Gasteiger partial charge >= 0.3 is 0 Å². The molecule has 1 atom stereocenters. The zero-order valence-corrected chi connectivity index (χ0v) is 13.8. The summed E-state index contributed by atoms with van der Waals surface area (Å²) in [5.41, 5.74) is 0. The SMILES string of the molecule is COCCN1CCC(NS(=O)(=O)c2cn3c(n2)CCCC3)C1. The molecule has 8 heteroatoms. The van der Waals surface area contributed by atoms with E-state index in [1.165, 1.54) is 0 Å². The maximum absolute atomic E-state index is 12.5. The fraction of sp³-hybridized carbons (Fsp3) is 0.786. The first-order valence-corrected chi connectivity index (χ1v) is 9.36. The Kier molecular flexibility index (Phi) is 4.82. The van der Waals surface area contributed by atoms with Gasteiger partial charge in [0.1, 0.15) is 5.82 Å². The van der Waals surface area contributed by atoms with E-state index in [0.29, 0.717) is 6.61 Å². The van der Waals surface area contributed by atoms with Crippen molar-refractivity contribution in [1.29, 1.82) is 0 Å². The zero-order chi connectivity index (χ0) is 15.6. The first kappa shape index (κ1) is 15.9. The van der Waals surface area contributed by atoms with Gasteiger partial charge < -0.3 is 9.30 Å². The van der Waals surface area contributed by atoms with Crippen LogP contribution in [0.5, 0.6) is 0 Å². The topological polar surface area (TPSA) is 76.5 Å². The van der Waals surface area contributed by atoms with Crippen LogP contribution in [0.1, 0.15) is 25.1 Å². The van der Waals surface area contributed by atoms with Crippen molar-refractivity contribution in [3.05, 3.63) is 12.0 Å². The number of rotatable bonds is 6. The molecule has 2 aliphatic heterocycles. The van der Waals surface area contributed by atoms with Crippen LogP contribution in [0.3, 0.4) is 0 Å². The lowest BCUT2D eigenvalue weighted by Crippen LogP contribution is -2.37. The molecule has 124 valence electrons. The quantitative estimate of drug-likeness (QED) is 0.808. The van der Waals surface area contributed by atoms with Gasteiger partial charge in [-0.1, -0.05) is 0 Å². The van der Waals surface area contributed by atoms with E-state index in [-0.39, 0.29) is 11.1 Å². The fourth-order valence-corrected chi connectivity index (χ4v) is 4.39. The van der Waals surface area contributed by atoms with Crippen molar-refractivity contribution in [3.8, 4) is 0 Å². The predicted octanol–water partition coefficient (Wildman–Crippen LogP) is 0.218. The summed E-state index contributed by atoms with van der Waals surface area (Å²) in [5.74, 6) is 0.889. The van der Waals surface area contributed by atoms with Crippen LogP contribution in [0.4, 0.5) is 0 Å². The molecule has 1 aromatic rings. The number of methoxy groups -OCH3 is 1. The van der Waals surface area contributed by atoms with E-state index in [9.17, 15) is 8.42 Å². The predicted molar refractivity (Wildman–Crippen MR) is 82.2 cm³/mol. The number of ether oxygens (including phenoxy) is 1. The Balaban J connectivity index is 1.63. The van der Waals surface area contributed by atoms with Gasteiger partial charge in [-0.05, 0) is 25.8 Å². The number of imidazole rings is 1. The Bertz CT molecular complexity index is 590. The van der Waals surface area contributed by atoms with E-state index >= 15 is 0 Å². The van der Waals surface area contributed by atoms with Gasteiger partial charge in [-0.25, -0.2) is 18.1 Å². The van der Waals surface area contributed by atoms with Crippen LogP contribution in [0.15, 0.2) is 11.2 Å². The molecular weight excluding hydrogens is 304 g/mol. The number of nitrogens with one attached hydrogen (secondary N) is 1. The first-order valence-electron chi connectivity index (χ1n) is 7.88. The van der Waals surface area contributed by atoms with Crippen LogP contribution in [0.2, 0.25) is 0 Å². The highest BCUT2D eigenvalue weighted by Gasteiger charge is 2.29. The number of sulfonamides is 1. The van der Waals surface area contributed by atoms with Crippen LogP contribution >= 0.6 is 0 Å². The molecule has 1 aromatic heterocycles. The smallest absolute Gasteiger partial charge is 0.259 e. The van der Waals surface area contributed by atoms with E-state index in [1.807, 2.05) is 4.57 Å². The van der Waals surface area contributed by atoms with Crippen molar-refractivity contribution in [2.75, 3.05) is 33.4 Å². The minimum absolute atomic E-state index is 0.0411. The summed E-state index contributed by atoms with van der Waals surface area (Å²) >= 11 is 0. The van der Waals surface area contributed by atoms with Gasteiger partial charge in [0.05, 0.1) is 6.61 Å². The van der Waals surface area contributed by atoms with Gasteiger partial charge in [0.15, 0.2) is 5.03 Å². The average molecular weight is 328 g/mol. The van der Waals surface area contributed by atoms with Crippen LogP contribution in [-0.2, 0) is 27.7 Å². The minimum atomic E-state index is -3.52. The summed E-state index contributed by atoms with van der Waals surface area (Å²) in [6.45, 7) is 4.01. The highest BCUT2D eigenvalue weighted by molar-refractivity contribution is 7.89. The number of hydrogen-bond acceptors (Lipinski definition) is 5. The van der Waals surface area contributed by atoms with Crippen molar-refractivity contribution in [1.82, 2.24) is 19.2 Å². The third-order valence-electron chi connectivity index (χ3n) is 4.37. The summed E-state index contributed by atoms with van der Waals surface area (Å²) in [6.07, 6.45) is 5.54. The van der Waals surface area contributed by atoms with E-state index in [0.717, 1.165) is 57.7 Å². The minimum Gasteiger partial charge on any atom is -0.383 e. The third-order valence-corrected chi connectivity index (χ3v) is 5.76. The molecular formula is C14H24N4O3S. The van der Waals surface area contributed by atoms with Gasteiger partial charge in [-0.2, -0.15) is 0 Å². The zero-order valence-electron chi connectivity index (χ0n) is 13.0. The highest BCUT2D eigenvalue weighted by Crippen LogP contribution is 2.18. The van der Waals surface area contributed by atoms with Gasteiger partial charge in [0, 0.05) is 45.4 Å². The fourth-order valence-electron chi connectivity index (χ4n) is 3.15. The molecule has 1 saturated heterocycles. The first-order chi connectivity index (χ1) is 10.6. The molecule has 3 rings (SSSR count). The van der Waals surface area contributed by atoms with Gasteiger partial charge in [0.25, 0.3) is 10.0 Å². The largest absolute Gasteiger partial charge is 0.383 e. The average Bonchev–Trinajstić information content (AvgIpc) is 3.11. The van der Waals surface area contributed by atoms with Crippen LogP contribution in [0.25, 0.3) is 0 Å². The molecule has 0 aliphatic carbocycles. The molecule has 0 bridgehead atoms. The van der Waals surface area contributed by atoms with E-state index in [4.69, 9.17) is 4.74 Å². The molecule has 3 heterocycles. The second kappa shape index (κ2) is 6.66. The van der Waals surface area contributed by atoms with Crippen molar-refractivity contribution >= 4 is 10.0 Å². The summed E-state index contributed by atoms with van der Waals surface area (Å²) in [4.78, 5) is 6.53. The highest BCUT2D eigenvalue weighted by atomic mass is 32.2. The monoisotopic (exact) mass is 328 g/mol. The molecule has 1 unspecified atom stereocenters. The van der Waals surface area contributed by atoms with Crippen molar-refractivity contribution in [2.45, 2.75) is 43.3 Å². The summed E-state index contributed by atoms with van der Waals surface area (Å²) < 4.78 is 34.8. The van der Waals surface area contributed by atoms with E-state index < -0.39 is 10.0 Å².